The highest BCUT2D eigenvalue weighted by molar-refractivity contribution is 6.32. The SMILES string of the molecule is C=C(CN(C)c1cccc(C(=O)Nc2cccc(Nc3ncc(Cl)c(-c4cc5ccccc5[nH]4)n3)c2)c1)C(=O)NC. The van der Waals surface area contributed by atoms with Crippen molar-refractivity contribution in [2.45, 2.75) is 0 Å². The van der Waals surface area contributed by atoms with Crippen molar-refractivity contribution in [3.05, 3.63) is 108 Å². The zero-order valence-electron chi connectivity index (χ0n) is 22.5. The highest BCUT2D eigenvalue weighted by atomic mass is 35.5. The molecule has 0 spiro atoms. The van der Waals surface area contributed by atoms with Crippen LogP contribution < -0.4 is 20.9 Å². The Morgan fingerprint density at radius 2 is 1.78 bits per heavy atom. The van der Waals surface area contributed by atoms with Gasteiger partial charge in [-0.15, -0.1) is 0 Å². The number of rotatable bonds is 9. The lowest BCUT2D eigenvalue weighted by atomic mass is 10.1. The van der Waals surface area contributed by atoms with E-state index in [9.17, 15) is 9.59 Å². The number of nitrogens with one attached hydrogen (secondary N) is 4. The Morgan fingerprint density at radius 3 is 2.59 bits per heavy atom. The average Bonchev–Trinajstić information content (AvgIpc) is 3.42. The molecular formula is C31H28ClN7O2. The molecule has 5 rings (SSSR count). The lowest BCUT2D eigenvalue weighted by Crippen LogP contribution is -2.28. The number of H-pyrrole nitrogens is 1. The second-order valence-corrected chi connectivity index (χ2v) is 9.82. The zero-order chi connectivity index (χ0) is 28.9. The number of hydrogen-bond acceptors (Lipinski definition) is 6. The number of carbonyl (C=O) groups excluding carboxylic acids is 2. The minimum Gasteiger partial charge on any atom is -0.370 e. The zero-order valence-corrected chi connectivity index (χ0v) is 23.3. The molecule has 9 nitrogen and oxygen atoms in total. The van der Waals surface area contributed by atoms with E-state index in [0.717, 1.165) is 22.3 Å². The van der Waals surface area contributed by atoms with Crippen molar-refractivity contribution in [3.8, 4) is 11.4 Å². The number of likely N-dealkylation sites (N-methyl/N-ethyl adjacent to an activating group) is 2. The van der Waals surface area contributed by atoms with Crippen molar-refractivity contribution in [1.29, 1.82) is 0 Å². The van der Waals surface area contributed by atoms with Gasteiger partial charge in [-0.05, 0) is 48.5 Å². The maximum absolute atomic E-state index is 13.1. The quantitative estimate of drug-likeness (QED) is 0.163. The second-order valence-electron chi connectivity index (χ2n) is 9.41. The molecule has 2 amide bonds. The molecule has 0 radical (unpaired) electrons. The Bertz CT molecular complexity index is 1730. The number of amides is 2. The van der Waals surface area contributed by atoms with Gasteiger partial charge in [0, 0.05) is 59.7 Å². The molecule has 4 N–H and O–H groups in total. The number of anilines is 4. The van der Waals surface area contributed by atoms with Crippen LogP contribution in [-0.2, 0) is 4.79 Å². The van der Waals surface area contributed by atoms with Crippen molar-refractivity contribution in [2.24, 2.45) is 0 Å². The van der Waals surface area contributed by atoms with Crippen LogP contribution >= 0.6 is 11.6 Å². The fraction of sp³-hybridized carbons (Fsp3) is 0.0968. The number of halogens is 1. The summed E-state index contributed by atoms with van der Waals surface area (Å²) >= 11 is 6.43. The first-order chi connectivity index (χ1) is 19.8. The van der Waals surface area contributed by atoms with E-state index in [1.54, 1.807) is 43.6 Å². The molecule has 0 unspecified atom stereocenters. The maximum Gasteiger partial charge on any atom is 0.255 e. The van der Waals surface area contributed by atoms with Crippen molar-refractivity contribution in [2.75, 3.05) is 36.2 Å². The molecule has 0 saturated heterocycles. The fourth-order valence-electron chi connectivity index (χ4n) is 4.33. The number of hydrogen-bond donors (Lipinski definition) is 4. The first-order valence-corrected chi connectivity index (χ1v) is 13.2. The van der Waals surface area contributed by atoms with Crippen LogP contribution in [0, 0.1) is 0 Å². The van der Waals surface area contributed by atoms with Crippen LogP contribution in [0.25, 0.3) is 22.3 Å². The first-order valence-electron chi connectivity index (χ1n) is 12.8. The largest absolute Gasteiger partial charge is 0.370 e. The van der Waals surface area contributed by atoms with Crippen LogP contribution in [0.3, 0.4) is 0 Å². The number of aromatic nitrogens is 3. The van der Waals surface area contributed by atoms with Crippen LogP contribution in [0.4, 0.5) is 23.0 Å². The van der Waals surface area contributed by atoms with Crippen molar-refractivity contribution < 1.29 is 9.59 Å². The lowest BCUT2D eigenvalue weighted by Gasteiger charge is -2.20. The Hall–Kier alpha value is -5.15. The molecule has 0 aliphatic carbocycles. The number of aromatic amines is 1. The summed E-state index contributed by atoms with van der Waals surface area (Å²) in [5, 5.41) is 10.2. The molecule has 2 aromatic heterocycles. The third kappa shape index (κ3) is 6.37. The van der Waals surface area contributed by atoms with Gasteiger partial charge in [-0.2, -0.15) is 0 Å². The topological polar surface area (TPSA) is 115 Å². The number of benzene rings is 3. The molecule has 3 aromatic carbocycles. The molecule has 0 saturated carbocycles. The number of para-hydroxylation sites is 1. The maximum atomic E-state index is 13.1. The monoisotopic (exact) mass is 565 g/mol. The van der Waals surface area contributed by atoms with Gasteiger partial charge in [-0.25, -0.2) is 9.97 Å². The molecule has 0 bridgehead atoms. The molecule has 0 aliphatic heterocycles. The molecule has 10 heteroatoms. The van der Waals surface area contributed by atoms with Crippen LogP contribution in [-0.4, -0.2) is 47.4 Å². The molecule has 0 fully saturated rings. The van der Waals surface area contributed by atoms with Crippen molar-refractivity contribution in [3.63, 3.8) is 0 Å². The number of fused-ring (bicyclic) bond motifs is 1. The predicted molar refractivity (Wildman–Crippen MR) is 165 cm³/mol. The predicted octanol–water partition coefficient (Wildman–Crippen LogP) is 6.01. The third-order valence-corrected chi connectivity index (χ3v) is 6.71. The fourth-order valence-corrected chi connectivity index (χ4v) is 4.53. The third-order valence-electron chi connectivity index (χ3n) is 6.43. The summed E-state index contributed by atoms with van der Waals surface area (Å²) in [6.45, 7) is 4.15. The van der Waals surface area contributed by atoms with Gasteiger partial charge >= 0.3 is 0 Å². The van der Waals surface area contributed by atoms with Gasteiger partial charge in [-0.1, -0.05) is 48.5 Å². The Kier molecular flexibility index (Phi) is 7.98. The standard InChI is InChI=1S/C31H28ClN7O2/c1-19(29(40)33-2)18-39(3)24-12-6-9-21(14-24)30(41)35-22-10-7-11-23(16-22)36-31-34-17-25(32)28(38-31)27-15-20-8-4-5-13-26(20)37-27/h4-17,37H,1,18H2,2-3H3,(H,33,40)(H,35,41)(H,34,36,38). The van der Waals surface area contributed by atoms with Gasteiger partial charge in [0.1, 0.15) is 5.69 Å². The van der Waals surface area contributed by atoms with Gasteiger partial charge in [0.2, 0.25) is 11.9 Å². The highest BCUT2D eigenvalue weighted by Crippen LogP contribution is 2.29. The molecule has 0 atom stereocenters. The van der Waals surface area contributed by atoms with Crippen molar-refractivity contribution >= 4 is 57.3 Å². The Labute approximate surface area is 242 Å². The van der Waals surface area contributed by atoms with Gasteiger partial charge in [0.25, 0.3) is 5.91 Å². The lowest BCUT2D eigenvalue weighted by molar-refractivity contribution is -0.117. The van der Waals surface area contributed by atoms with Crippen LogP contribution in [0.2, 0.25) is 5.02 Å². The van der Waals surface area contributed by atoms with Crippen molar-refractivity contribution in [1.82, 2.24) is 20.3 Å². The van der Waals surface area contributed by atoms with E-state index < -0.39 is 0 Å². The minimum absolute atomic E-state index is 0.225. The molecule has 5 aromatic rings. The summed E-state index contributed by atoms with van der Waals surface area (Å²) in [6, 6.07) is 24.4. The Morgan fingerprint density at radius 1 is 1.00 bits per heavy atom. The van der Waals surface area contributed by atoms with E-state index in [-0.39, 0.29) is 11.8 Å². The van der Waals surface area contributed by atoms with E-state index >= 15 is 0 Å². The summed E-state index contributed by atoms with van der Waals surface area (Å²) in [4.78, 5) is 39.0. The molecule has 2 heterocycles. The number of nitrogens with zero attached hydrogens (tertiary/aromatic N) is 3. The number of carbonyl (C=O) groups is 2. The van der Waals surface area contributed by atoms with Gasteiger partial charge in [-0.3, -0.25) is 9.59 Å². The van der Waals surface area contributed by atoms with E-state index in [1.165, 1.54) is 0 Å². The highest BCUT2D eigenvalue weighted by Gasteiger charge is 2.14. The van der Waals surface area contributed by atoms with Gasteiger partial charge < -0.3 is 25.8 Å². The van der Waals surface area contributed by atoms with Crippen LogP contribution in [0.1, 0.15) is 10.4 Å². The van der Waals surface area contributed by atoms with Crippen LogP contribution in [0.5, 0.6) is 0 Å². The van der Waals surface area contributed by atoms with Crippen LogP contribution in [0.15, 0.2) is 97.2 Å². The average molecular weight is 566 g/mol. The molecule has 0 aliphatic rings. The molecule has 206 valence electrons. The summed E-state index contributed by atoms with van der Waals surface area (Å²) in [7, 11) is 3.40. The summed E-state index contributed by atoms with van der Waals surface area (Å²) in [5.41, 5.74) is 5.31. The van der Waals surface area contributed by atoms with Gasteiger partial charge in [0.05, 0.1) is 16.9 Å². The molecular weight excluding hydrogens is 538 g/mol. The Balaban J connectivity index is 1.29. The van der Waals surface area contributed by atoms with E-state index in [1.807, 2.05) is 60.5 Å². The van der Waals surface area contributed by atoms with Gasteiger partial charge in [0.15, 0.2) is 0 Å². The smallest absolute Gasteiger partial charge is 0.255 e. The van der Waals surface area contributed by atoms with E-state index in [2.05, 4.69) is 37.5 Å². The second kappa shape index (κ2) is 11.9. The normalized spacial score (nSPS) is 10.7. The first kappa shape index (κ1) is 27.4. The summed E-state index contributed by atoms with van der Waals surface area (Å²) in [6.07, 6.45) is 1.55. The summed E-state index contributed by atoms with van der Waals surface area (Å²) < 4.78 is 0. The van der Waals surface area contributed by atoms with E-state index in [4.69, 9.17) is 11.6 Å². The molecule has 41 heavy (non-hydrogen) atoms. The minimum atomic E-state index is -0.272. The summed E-state index contributed by atoms with van der Waals surface area (Å²) in [5.74, 6) is -0.135. The van der Waals surface area contributed by atoms with E-state index in [0.29, 0.717) is 45.7 Å².